The third kappa shape index (κ3) is 5.05. The predicted molar refractivity (Wildman–Crippen MR) is 125 cm³/mol. The van der Waals surface area contributed by atoms with Crippen LogP contribution < -0.4 is 15.5 Å². The summed E-state index contributed by atoms with van der Waals surface area (Å²) in [5.74, 6) is -0.129. The van der Waals surface area contributed by atoms with Crippen LogP contribution in [0.4, 0.5) is 21.9 Å². The highest BCUT2D eigenvalue weighted by Gasteiger charge is 2.33. The number of fused-ring (bicyclic) bond motifs is 3. The van der Waals surface area contributed by atoms with Crippen LogP contribution in [0.2, 0.25) is 0 Å². The number of rotatable bonds is 5. The Hall–Kier alpha value is -3.05. The molecule has 0 saturated heterocycles. The third-order valence-electron chi connectivity index (χ3n) is 4.65. The number of benzene rings is 2. The first-order chi connectivity index (χ1) is 15.2. The number of carbonyl (C=O) groups excluding carboxylic acids is 2. The van der Waals surface area contributed by atoms with Crippen molar-refractivity contribution in [1.82, 2.24) is 0 Å². The first-order valence-electron chi connectivity index (χ1n) is 9.97. The highest BCUT2D eigenvalue weighted by molar-refractivity contribution is 8.15. The molecular formula is C21H22N4O5S2. The maximum Gasteiger partial charge on any atom is 0.411 e. The van der Waals surface area contributed by atoms with Gasteiger partial charge in [-0.1, -0.05) is 19.9 Å². The molecule has 0 saturated carbocycles. The smallest absolute Gasteiger partial charge is 0.411 e. The summed E-state index contributed by atoms with van der Waals surface area (Å²) in [4.78, 5) is 27.2. The normalized spacial score (nSPS) is 16.1. The van der Waals surface area contributed by atoms with Crippen molar-refractivity contribution in [3.63, 3.8) is 0 Å². The second kappa shape index (κ2) is 8.83. The minimum absolute atomic E-state index is 0.0336. The number of amidine groups is 1. The Morgan fingerprint density at radius 2 is 1.91 bits per heavy atom. The van der Waals surface area contributed by atoms with Crippen LogP contribution in [0, 0.1) is 5.92 Å². The minimum Gasteiger partial charge on any atom is -0.449 e. The Kier molecular flexibility index (Phi) is 6.11. The van der Waals surface area contributed by atoms with E-state index < -0.39 is 16.1 Å². The number of carbonyl (C=O) groups is 2. The molecule has 2 aliphatic rings. The first-order valence-corrected chi connectivity index (χ1v) is 12.4. The summed E-state index contributed by atoms with van der Waals surface area (Å²) in [5.41, 5.74) is 2.27. The topological polar surface area (TPSA) is 117 Å². The lowest BCUT2D eigenvalue weighted by molar-refractivity contribution is 0.102. The molecule has 0 aromatic heterocycles. The third-order valence-corrected chi connectivity index (χ3v) is 6.96. The van der Waals surface area contributed by atoms with Crippen molar-refractivity contribution in [3.05, 3.63) is 48.0 Å². The van der Waals surface area contributed by atoms with Gasteiger partial charge >= 0.3 is 6.09 Å². The zero-order valence-corrected chi connectivity index (χ0v) is 19.1. The largest absolute Gasteiger partial charge is 0.449 e. The van der Waals surface area contributed by atoms with Crippen LogP contribution in [-0.4, -0.2) is 44.5 Å². The van der Waals surface area contributed by atoms with Crippen LogP contribution in [0.25, 0.3) is 0 Å². The molecule has 0 spiro atoms. The van der Waals surface area contributed by atoms with Gasteiger partial charge in [0, 0.05) is 28.4 Å². The van der Waals surface area contributed by atoms with E-state index in [9.17, 15) is 18.0 Å². The molecule has 0 atom stereocenters. The Labute approximate surface area is 190 Å². The van der Waals surface area contributed by atoms with Crippen molar-refractivity contribution in [3.8, 4) is 0 Å². The Morgan fingerprint density at radius 1 is 1.16 bits per heavy atom. The molecule has 2 amide bonds. The van der Waals surface area contributed by atoms with Gasteiger partial charge in [0.15, 0.2) is 5.17 Å². The van der Waals surface area contributed by atoms with Crippen molar-refractivity contribution in [2.45, 2.75) is 18.7 Å². The summed E-state index contributed by atoms with van der Waals surface area (Å²) in [6, 6.07) is 12.0. The van der Waals surface area contributed by atoms with Crippen LogP contribution in [0.1, 0.15) is 24.2 Å². The second-order valence-electron chi connectivity index (χ2n) is 7.75. The van der Waals surface area contributed by atoms with Gasteiger partial charge in [0.2, 0.25) is 0 Å². The van der Waals surface area contributed by atoms with E-state index in [0.29, 0.717) is 35.3 Å². The first kappa shape index (κ1) is 22.2. The summed E-state index contributed by atoms with van der Waals surface area (Å²) in [6.45, 7) is 4.55. The zero-order valence-electron chi connectivity index (χ0n) is 17.5. The van der Waals surface area contributed by atoms with Crippen molar-refractivity contribution >= 4 is 56.0 Å². The minimum atomic E-state index is -3.44. The fourth-order valence-corrected chi connectivity index (χ4v) is 5.44. The van der Waals surface area contributed by atoms with E-state index >= 15 is 0 Å². The Morgan fingerprint density at radius 3 is 2.66 bits per heavy atom. The molecule has 168 valence electrons. The van der Waals surface area contributed by atoms with Crippen LogP contribution in [0.15, 0.2) is 51.8 Å². The number of hydrogen-bond acceptors (Lipinski definition) is 7. The number of hydrogen-bond donors (Lipinski definition) is 2. The van der Waals surface area contributed by atoms with Crippen molar-refractivity contribution < 1.29 is 22.7 Å². The van der Waals surface area contributed by atoms with Gasteiger partial charge in [0.05, 0.1) is 18.0 Å². The summed E-state index contributed by atoms with van der Waals surface area (Å²) in [7, 11) is -3.44. The molecule has 2 aliphatic heterocycles. The van der Waals surface area contributed by atoms with E-state index in [1.165, 1.54) is 11.8 Å². The molecule has 11 heteroatoms. The van der Waals surface area contributed by atoms with E-state index in [1.54, 1.807) is 42.5 Å². The average Bonchev–Trinajstić information content (AvgIpc) is 3.07. The SMILES string of the molecule is CC(C)COC(=O)Nc1cccc(NC(=O)c2ccc3c(c2)SC2=NS(=O)(=O)CCN23)c1. The van der Waals surface area contributed by atoms with E-state index in [4.69, 9.17) is 4.74 Å². The van der Waals surface area contributed by atoms with Gasteiger partial charge in [-0.15, -0.1) is 4.40 Å². The number of amides is 2. The molecule has 0 aliphatic carbocycles. The fourth-order valence-electron chi connectivity index (χ4n) is 3.15. The number of thioether (sulfide) groups is 1. The van der Waals surface area contributed by atoms with E-state index in [2.05, 4.69) is 15.0 Å². The Bertz CT molecular complexity index is 1210. The zero-order chi connectivity index (χ0) is 22.9. The summed E-state index contributed by atoms with van der Waals surface area (Å²) >= 11 is 1.23. The summed E-state index contributed by atoms with van der Waals surface area (Å²) in [6.07, 6.45) is -0.556. The maximum absolute atomic E-state index is 12.8. The van der Waals surface area contributed by atoms with Gasteiger partial charge in [-0.05, 0) is 54.1 Å². The Balaban J connectivity index is 1.44. The standard InChI is InChI=1S/C21H22N4O5S2/c1-13(2)12-30-21(27)23-16-5-3-4-15(11-16)22-19(26)14-6-7-17-18(10-14)31-20-24-32(28,29)9-8-25(17)20/h3-7,10-11,13H,8-9,12H2,1-2H3,(H,22,26)(H,23,27). The van der Waals surface area contributed by atoms with Gasteiger partial charge in [-0.25, -0.2) is 13.2 Å². The molecule has 32 heavy (non-hydrogen) atoms. The predicted octanol–water partition coefficient (Wildman–Crippen LogP) is 3.75. The number of ether oxygens (including phenoxy) is 1. The van der Waals surface area contributed by atoms with Gasteiger partial charge < -0.3 is 15.0 Å². The lowest BCUT2D eigenvalue weighted by Gasteiger charge is -2.22. The fraction of sp³-hybridized carbons (Fsp3) is 0.286. The molecule has 2 aromatic carbocycles. The van der Waals surface area contributed by atoms with Gasteiger partial charge in [0.25, 0.3) is 15.9 Å². The quantitative estimate of drug-likeness (QED) is 0.678. The maximum atomic E-state index is 12.8. The van der Waals surface area contributed by atoms with Crippen LogP contribution in [0.3, 0.4) is 0 Å². The highest BCUT2D eigenvalue weighted by Crippen LogP contribution is 2.42. The van der Waals surface area contributed by atoms with Crippen LogP contribution in [-0.2, 0) is 14.8 Å². The molecule has 0 fully saturated rings. The lowest BCUT2D eigenvalue weighted by atomic mass is 10.1. The molecule has 2 heterocycles. The number of anilines is 3. The second-order valence-corrected chi connectivity index (χ2v) is 10.5. The van der Waals surface area contributed by atoms with Crippen molar-refractivity contribution in [1.29, 1.82) is 0 Å². The molecule has 2 N–H and O–H groups in total. The molecule has 4 rings (SSSR count). The van der Waals surface area contributed by atoms with Crippen molar-refractivity contribution in [2.75, 3.05) is 34.4 Å². The molecular weight excluding hydrogens is 452 g/mol. The number of nitrogens with one attached hydrogen (secondary N) is 2. The molecule has 0 unspecified atom stereocenters. The number of nitrogens with zero attached hydrogens (tertiary/aromatic N) is 2. The molecule has 2 aromatic rings. The lowest BCUT2D eigenvalue weighted by Crippen LogP contribution is -2.35. The molecule has 0 bridgehead atoms. The van der Waals surface area contributed by atoms with Gasteiger partial charge in [0.1, 0.15) is 0 Å². The van der Waals surface area contributed by atoms with Crippen molar-refractivity contribution in [2.24, 2.45) is 10.3 Å². The number of sulfonamides is 1. The van der Waals surface area contributed by atoms with Gasteiger partial charge in [-0.2, -0.15) is 0 Å². The monoisotopic (exact) mass is 474 g/mol. The highest BCUT2D eigenvalue weighted by atomic mass is 32.2. The molecule has 9 nitrogen and oxygen atoms in total. The summed E-state index contributed by atoms with van der Waals surface area (Å²) < 4.78 is 32.4. The molecule has 0 radical (unpaired) electrons. The van der Waals surface area contributed by atoms with E-state index in [-0.39, 0.29) is 17.6 Å². The van der Waals surface area contributed by atoms with Crippen LogP contribution in [0.5, 0.6) is 0 Å². The summed E-state index contributed by atoms with van der Waals surface area (Å²) in [5, 5.41) is 5.85. The van der Waals surface area contributed by atoms with E-state index in [0.717, 1.165) is 10.6 Å². The van der Waals surface area contributed by atoms with Gasteiger partial charge in [-0.3, -0.25) is 10.1 Å². The average molecular weight is 475 g/mol. The van der Waals surface area contributed by atoms with Crippen LogP contribution >= 0.6 is 11.8 Å². The van der Waals surface area contributed by atoms with E-state index in [1.807, 2.05) is 18.7 Å².